The topological polar surface area (TPSA) is 87.7 Å². The van der Waals surface area contributed by atoms with Crippen molar-refractivity contribution in [3.8, 4) is 5.75 Å². The zero-order valence-electron chi connectivity index (χ0n) is 18.4. The molecule has 0 saturated carbocycles. The smallest absolute Gasteiger partial charge is 0.322 e. The van der Waals surface area contributed by atoms with E-state index in [-0.39, 0.29) is 23.8 Å². The zero-order valence-corrected chi connectivity index (χ0v) is 18.4. The van der Waals surface area contributed by atoms with Crippen LogP contribution in [-0.4, -0.2) is 47.5 Å². The monoisotopic (exact) mass is 415 g/mol. The first-order valence-corrected chi connectivity index (χ1v) is 10.9. The molecule has 0 spiro atoms. The third-order valence-electron chi connectivity index (χ3n) is 6.04. The lowest BCUT2D eigenvalue weighted by molar-refractivity contribution is -0.127. The Morgan fingerprint density at radius 3 is 2.27 bits per heavy atom. The van der Waals surface area contributed by atoms with Crippen molar-refractivity contribution >= 4 is 17.8 Å². The lowest BCUT2D eigenvalue weighted by Gasteiger charge is -2.41. The predicted molar refractivity (Wildman–Crippen MR) is 114 cm³/mol. The highest BCUT2D eigenvalue weighted by Crippen LogP contribution is 2.35. The Bertz CT molecular complexity index is 782. The quantitative estimate of drug-likeness (QED) is 0.669. The molecule has 2 aliphatic heterocycles. The van der Waals surface area contributed by atoms with Gasteiger partial charge in [0.2, 0.25) is 0 Å². The summed E-state index contributed by atoms with van der Waals surface area (Å²) in [4.78, 5) is 39.3. The Kier molecular flexibility index (Phi) is 6.68. The first-order valence-electron chi connectivity index (χ1n) is 10.9. The van der Waals surface area contributed by atoms with E-state index in [1.165, 1.54) is 0 Å². The lowest BCUT2D eigenvalue weighted by atomic mass is 9.74. The number of carbonyl (C=O) groups is 3. The summed E-state index contributed by atoms with van der Waals surface area (Å²) >= 11 is 0. The normalized spacial score (nSPS) is 22.4. The van der Waals surface area contributed by atoms with E-state index < -0.39 is 11.6 Å². The van der Waals surface area contributed by atoms with Gasteiger partial charge in [-0.1, -0.05) is 13.8 Å². The molecule has 0 aliphatic carbocycles. The minimum absolute atomic E-state index is 0.0133. The summed E-state index contributed by atoms with van der Waals surface area (Å²) in [6, 6.07) is 6.81. The van der Waals surface area contributed by atoms with Crippen LogP contribution in [0.25, 0.3) is 0 Å². The van der Waals surface area contributed by atoms with E-state index in [9.17, 15) is 14.4 Å². The molecule has 2 fully saturated rings. The van der Waals surface area contributed by atoms with E-state index in [0.29, 0.717) is 43.8 Å². The number of piperidine rings is 1. The highest BCUT2D eigenvalue weighted by atomic mass is 16.5. The number of urea groups is 1. The van der Waals surface area contributed by atoms with Crippen molar-refractivity contribution in [2.24, 2.45) is 11.8 Å². The highest BCUT2D eigenvalue weighted by molar-refractivity contribution is 6.07. The Morgan fingerprint density at radius 2 is 1.77 bits per heavy atom. The number of ether oxygens (including phenoxy) is 1. The van der Waals surface area contributed by atoms with Gasteiger partial charge >= 0.3 is 6.03 Å². The molecule has 4 amide bonds. The van der Waals surface area contributed by atoms with Crippen LogP contribution in [0.5, 0.6) is 5.75 Å². The molecule has 2 aliphatic rings. The van der Waals surface area contributed by atoms with Gasteiger partial charge in [-0.15, -0.1) is 0 Å². The summed E-state index contributed by atoms with van der Waals surface area (Å²) in [6.45, 7) is 9.29. The number of nitrogens with zero attached hydrogens (tertiary/aromatic N) is 1. The standard InChI is InChI=1S/C23H33N3O4/c1-15(2)9-12-23(21(28)24-22(29)25-23)18-10-13-26(14-11-18)20(27)17-5-7-19(8-6-17)30-16(3)4/h5-8,15-16,18H,9-14H2,1-4H3,(H2,24,25,28,29)/t23-/m1/s1. The van der Waals surface area contributed by atoms with E-state index >= 15 is 0 Å². The highest BCUT2D eigenvalue weighted by Gasteiger charge is 2.52. The lowest BCUT2D eigenvalue weighted by Crippen LogP contribution is -2.56. The predicted octanol–water partition coefficient (Wildman–Crippen LogP) is 3.34. The maximum atomic E-state index is 12.9. The van der Waals surface area contributed by atoms with Gasteiger partial charge in [-0.2, -0.15) is 0 Å². The van der Waals surface area contributed by atoms with Crippen molar-refractivity contribution in [3.63, 3.8) is 0 Å². The molecule has 7 nitrogen and oxygen atoms in total. The molecular formula is C23H33N3O4. The Labute approximate surface area is 178 Å². The summed E-state index contributed by atoms with van der Waals surface area (Å²) < 4.78 is 5.64. The maximum absolute atomic E-state index is 12.9. The van der Waals surface area contributed by atoms with Gasteiger partial charge in [0.15, 0.2) is 0 Å². The molecule has 1 aromatic carbocycles. The van der Waals surface area contributed by atoms with Crippen LogP contribution in [0.3, 0.4) is 0 Å². The van der Waals surface area contributed by atoms with Crippen molar-refractivity contribution in [2.75, 3.05) is 13.1 Å². The molecule has 30 heavy (non-hydrogen) atoms. The number of nitrogens with one attached hydrogen (secondary N) is 2. The van der Waals surface area contributed by atoms with Gasteiger partial charge < -0.3 is 15.0 Å². The van der Waals surface area contributed by atoms with Crippen LogP contribution in [-0.2, 0) is 4.79 Å². The van der Waals surface area contributed by atoms with Crippen LogP contribution < -0.4 is 15.4 Å². The Morgan fingerprint density at radius 1 is 1.13 bits per heavy atom. The van der Waals surface area contributed by atoms with Gasteiger partial charge in [0.05, 0.1) is 6.10 Å². The molecule has 1 atom stereocenters. The fraction of sp³-hybridized carbons (Fsp3) is 0.609. The number of rotatable bonds is 7. The van der Waals surface area contributed by atoms with Crippen LogP contribution in [0, 0.1) is 11.8 Å². The van der Waals surface area contributed by atoms with Crippen molar-refractivity contribution in [1.29, 1.82) is 0 Å². The van der Waals surface area contributed by atoms with E-state index in [1.54, 1.807) is 12.1 Å². The number of likely N-dealkylation sites (tertiary alicyclic amines) is 1. The largest absolute Gasteiger partial charge is 0.491 e. The Balaban J connectivity index is 1.64. The minimum atomic E-state index is -0.855. The SMILES string of the molecule is CC(C)CC[C@]1(C2CCN(C(=O)c3ccc(OC(C)C)cc3)CC2)NC(=O)NC1=O. The third kappa shape index (κ3) is 4.77. The van der Waals surface area contributed by atoms with Gasteiger partial charge in [-0.05, 0) is 75.6 Å². The molecule has 1 aromatic rings. The summed E-state index contributed by atoms with van der Waals surface area (Å²) in [6.07, 6.45) is 2.94. The van der Waals surface area contributed by atoms with Crippen molar-refractivity contribution in [1.82, 2.24) is 15.5 Å². The molecule has 7 heteroatoms. The molecule has 0 aromatic heterocycles. The second-order valence-electron chi connectivity index (χ2n) is 9.07. The van der Waals surface area contributed by atoms with Gasteiger partial charge in [0.1, 0.15) is 11.3 Å². The number of benzene rings is 1. The number of hydrogen-bond acceptors (Lipinski definition) is 4. The summed E-state index contributed by atoms with van der Waals surface area (Å²) in [5.74, 6) is 0.972. The molecule has 0 radical (unpaired) electrons. The van der Waals surface area contributed by atoms with Gasteiger partial charge in [0.25, 0.3) is 11.8 Å². The van der Waals surface area contributed by atoms with Gasteiger partial charge in [-0.3, -0.25) is 14.9 Å². The minimum Gasteiger partial charge on any atom is -0.491 e. The van der Waals surface area contributed by atoms with Gasteiger partial charge in [-0.25, -0.2) is 4.79 Å². The second-order valence-corrected chi connectivity index (χ2v) is 9.07. The fourth-order valence-corrected chi connectivity index (χ4v) is 4.40. The van der Waals surface area contributed by atoms with Crippen LogP contribution in [0.4, 0.5) is 4.79 Å². The molecule has 3 rings (SSSR count). The number of imide groups is 1. The van der Waals surface area contributed by atoms with Crippen molar-refractivity contribution in [3.05, 3.63) is 29.8 Å². The summed E-state index contributed by atoms with van der Waals surface area (Å²) in [5.41, 5.74) is -0.224. The fourth-order valence-electron chi connectivity index (χ4n) is 4.40. The van der Waals surface area contributed by atoms with Crippen LogP contribution in [0.15, 0.2) is 24.3 Å². The molecule has 2 N–H and O–H groups in total. The molecular weight excluding hydrogens is 382 g/mol. The molecule has 164 valence electrons. The Hall–Kier alpha value is -2.57. The van der Waals surface area contributed by atoms with E-state index in [2.05, 4.69) is 24.5 Å². The van der Waals surface area contributed by atoms with E-state index in [0.717, 1.165) is 12.2 Å². The van der Waals surface area contributed by atoms with Crippen molar-refractivity contribution in [2.45, 2.75) is 65.0 Å². The van der Waals surface area contributed by atoms with Crippen LogP contribution >= 0.6 is 0 Å². The second kappa shape index (κ2) is 9.06. The van der Waals surface area contributed by atoms with Crippen LogP contribution in [0.1, 0.15) is 63.7 Å². The first-order chi connectivity index (χ1) is 14.2. The van der Waals surface area contributed by atoms with E-state index in [1.807, 2.05) is 30.9 Å². The molecule has 2 saturated heterocycles. The zero-order chi connectivity index (χ0) is 21.9. The summed E-state index contributed by atoms with van der Waals surface area (Å²) in [5, 5.41) is 5.35. The first kappa shape index (κ1) is 22.1. The van der Waals surface area contributed by atoms with Gasteiger partial charge in [0, 0.05) is 18.7 Å². The third-order valence-corrected chi connectivity index (χ3v) is 6.04. The van der Waals surface area contributed by atoms with E-state index in [4.69, 9.17) is 4.74 Å². The number of hydrogen-bond donors (Lipinski definition) is 2. The van der Waals surface area contributed by atoms with Crippen LogP contribution in [0.2, 0.25) is 0 Å². The summed E-state index contributed by atoms with van der Waals surface area (Å²) in [7, 11) is 0. The average molecular weight is 416 g/mol. The average Bonchev–Trinajstić information content (AvgIpc) is 3.00. The molecule has 0 unspecified atom stereocenters. The molecule has 0 bridgehead atoms. The van der Waals surface area contributed by atoms with Crippen molar-refractivity contribution < 1.29 is 19.1 Å². The number of carbonyl (C=O) groups excluding carboxylic acids is 3. The molecule has 2 heterocycles. The number of amides is 4. The maximum Gasteiger partial charge on any atom is 0.322 e.